The molecule has 1 aliphatic heterocycles. The lowest BCUT2D eigenvalue weighted by molar-refractivity contribution is 0.0751. The van der Waals surface area contributed by atoms with Gasteiger partial charge in [0.1, 0.15) is 5.82 Å². The molecule has 0 unspecified atom stereocenters. The van der Waals surface area contributed by atoms with Crippen molar-refractivity contribution in [2.45, 2.75) is 6.92 Å². The van der Waals surface area contributed by atoms with E-state index in [2.05, 4.69) is 9.88 Å². The van der Waals surface area contributed by atoms with E-state index in [-0.39, 0.29) is 5.91 Å². The number of thiophene rings is 1. The molecule has 0 N–H and O–H groups in total. The van der Waals surface area contributed by atoms with Gasteiger partial charge in [-0.15, -0.1) is 11.3 Å². The van der Waals surface area contributed by atoms with Gasteiger partial charge in [-0.1, -0.05) is 6.07 Å². The number of hydrogen-bond donors (Lipinski definition) is 0. The second-order valence-electron chi connectivity index (χ2n) is 4.96. The van der Waals surface area contributed by atoms with Gasteiger partial charge in [0.2, 0.25) is 0 Å². The molecule has 5 heteroatoms. The highest BCUT2D eigenvalue weighted by molar-refractivity contribution is 7.12. The summed E-state index contributed by atoms with van der Waals surface area (Å²) in [6.07, 6.45) is 1.81. The topological polar surface area (TPSA) is 36.4 Å². The van der Waals surface area contributed by atoms with E-state index in [0.717, 1.165) is 42.4 Å². The summed E-state index contributed by atoms with van der Waals surface area (Å²) in [6.45, 7) is 5.21. The first-order chi connectivity index (χ1) is 9.74. The zero-order valence-corrected chi connectivity index (χ0v) is 12.3. The number of rotatable bonds is 2. The van der Waals surface area contributed by atoms with Gasteiger partial charge in [0.15, 0.2) is 0 Å². The van der Waals surface area contributed by atoms with Crippen LogP contribution in [0.15, 0.2) is 35.8 Å². The number of carbonyl (C=O) groups excluding carboxylic acids is 1. The second-order valence-corrected chi connectivity index (χ2v) is 5.87. The quantitative estimate of drug-likeness (QED) is 0.851. The van der Waals surface area contributed by atoms with Crippen LogP contribution in [0.2, 0.25) is 0 Å². The van der Waals surface area contributed by atoms with E-state index in [1.54, 1.807) is 6.20 Å². The fourth-order valence-corrected chi connectivity index (χ4v) is 3.24. The number of anilines is 1. The average molecular weight is 287 g/mol. The van der Waals surface area contributed by atoms with Crippen LogP contribution in [0.4, 0.5) is 5.82 Å². The van der Waals surface area contributed by atoms with Crippen molar-refractivity contribution in [3.05, 3.63) is 46.3 Å². The molecule has 20 heavy (non-hydrogen) atoms. The van der Waals surface area contributed by atoms with Crippen LogP contribution in [0.5, 0.6) is 0 Å². The molecule has 1 aliphatic rings. The molecule has 1 saturated heterocycles. The molecule has 1 fully saturated rings. The van der Waals surface area contributed by atoms with Crippen molar-refractivity contribution in [3.8, 4) is 0 Å². The molecule has 4 nitrogen and oxygen atoms in total. The molecule has 2 aromatic heterocycles. The van der Waals surface area contributed by atoms with E-state index in [0.29, 0.717) is 0 Å². The summed E-state index contributed by atoms with van der Waals surface area (Å²) in [6, 6.07) is 7.90. The lowest BCUT2D eigenvalue weighted by Crippen LogP contribution is -2.48. The SMILES string of the molecule is Cc1csc(C(=O)N2CCN(c3ccccn3)CC2)c1. The van der Waals surface area contributed by atoms with Gasteiger partial charge in [-0.2, -0.15) is 0 Å². The van der Waals surface area contributed by atoms with Gasteiger partial charge in [0.25, 0.3) is 5.91 Å². The fraction of sp³-hybridized carbons (Fsp3) is 0.333. The third-order valence-corrected chi connectivity index (χ3v) is 4.52. The maximum absolute atomic E-state index is 12.4. The number of aromatic nitrogens is 1. The smallest absolute Gasteiger partial charge is 0.264 e. The Morgan fingerprint density at radius 3 is 2.65 bits per heavy atom. The van der Waals surface area contributed by atoms with Gasteiger partial charge in [-0.05, 0) is 36.1 Å². The number of piperazine rings is 1. The van der Waals surface area contributed by atoms with Crippen LogP contribution in [0, 0.1) is 6.92 Å². The molecule has 0 bridgehead atoms. The van der Waals surface area contributed by atoms with Gasteiger partial charge < -0.3 is 9.80 Å². The lowest BCUT2D eigenvalue weighted by atomic mass is 10.2. The van der Waals surface area contributed by atoms with Crippen molar-refractivity contribution in [2.75, 3.05) is 31.1 Å². The van der Waals surface area contributed by atoms with Gasteiger partial charge in [0, 0.05) is 32.4 Å². The van der Waals surface area contributed by atoms with Crippen LogP contribution in [0.25, 0.3) is 0 Å². The van der Waals surface area contributed by atoms with Gasteiger partial charge in [-0.3, -0.25) is 4.79 Å². The Labute approximate surface area is 122 Å². The lowest BCUT2D eigenvalue weighted by Gasteiger charge is -2.35. The molecule has 1 amide bonds. The van der Waals surface area contributed by atoms with Crippen LogP contribution >= 0.6 is 11.3 Å². The van der Waals surface area contributed by atoms with E-state index in [1.807, 2.05) is 41.5 Å². The molecular weight excluding hydrogens is 270 g/mol. The molecule has 0 spiro atoms. The molecule has 0 aromatic carbocycles. The van der Waals surface area contributed by atoms with Crippen molar-refractivity contribution in [3.63, 3.8) is 0 Å². The summed E-state index contributed by atoms with van der Waals surface area (Å²) >= 11 is 1.53. The Kier molecular flexibility index (Phi) is 3.69. The van der Waals surface area contributed by atoms with Gasteiger partial charge in [-0.25, -0.2) is 4.98 Å². The Hall–Kier alpha value is -1.88. The largest absolute Gasteiger partial charge is 0.353 e. The first kappa shape index (κ1) is 13.1. The number of carbonyl (C=O) groups is 1. The first-order valence-corrected chi connectivity index (χ1v) is 7.62. The van der Waals surface area contributed by atoms with E-state index in [9.17, 15) is 4.79 Å². The van der Waals surface area contributed by atoms with E-state index >= 15 is 0 Å². The average Bonchev–Trinajstić information content (AvgIpc) is 2.94. The zero-order valence-electron chi connectivity index (χ0n) is 11.5. The van der Waals surface area contributed by atoms with Crippen molar-refractivity contribution < 1.29 is 4.79 Å². The molecule has 0 radical (unpaired) electrons. The molecular formula is C15H17N3OS. The molecule has 104 valence electrons. The van der Waals surface area contributed by atoms with Crippen LogP contribution in [0.1, 0.15) is 15.2 Å². The summed E-state index contributed by atoms with van der Waals surface area (Å²) in [7, 11) is 0. The molecule has 0 saturated carbocycles. The van der Waals surface area contributed by atoms with Crippen molar-refractivity contribution >= 4 is 23.1 Å². The molecule has 0 aliphatic carbocycles. The maximum Gasteiger partial charge on any atom is 0.264 e. The van der Waals surface area contributed by atoms with Gasteiger partial charge >= 0.3 is 0 Å². The van der Waals surface area contributed by atoms with Crippen LogP contribution in [-0.2, 0) is 0 Å². The first-order valence-electron chi connectivity index (χ1n) is 6.74. The Balaban J connectivity index is 1.63. The standard InChI is InChI=1S/C15H17N3OS/c1-12-10-13(20-11-12)15(19)18-8-6-17(7-9-18)14-4-2-3-5-16-14/h2-5,10-11H,6-9H2,1H3. The third kappa shape index (κ3) is 2.67. The van der Waals surface area contributed by atoms with Crippen LogP contribution in [0.3, 0.4) is 0 Å². The maximum atomic E-state index is 12.4. The minimum absolute atomic E-state index is 0.156. The minimum atomic E-state index is 0.156. The van der Waals surface area contributed by atoms with Crippen molar-refractivity contribution in [1.29, 1.82) is 0 Å². The highest BCUT2D eigenvalue weighted by atomic mass is 32.1. The Bertz CT molecular complexity index is 588. The van der Waals surface area contributed by atoms with Crippen molar-refractivity contribution in [1.82, 2.24) is 9.88 Å². The molecule has 2 aromatic rings. The van der Waals surface area contributed by atoms with E-state index < -0.39 is 0 Å². The summed E-state index contributed by atoms with van der Waals surface area (Å²) in [5.41, 5.74) is 1.16. The highest BCUT2D eigenvalue weighted by Crippen LogP contribution is 2.18. The normalized spacial score (nSPS) is 15.4. The summed E-state index contributed by atoms with van der Waals surface area (Å²) < 4.78 is 0. The number of hydrogen-bond acceptors (Lipinski definition) is 4. The number of amides is 1. The zero-order chi connectivity index (χ0) is 13.9. The number of nitrogens with zero attached hydrogens (tertiary/aromatic N) is 3. The van der Waals surface area contributed by atoms with Crippen LogP contribution < -0.4 is 4.90 Å². The molecule has 3 rings (SSSR count). The predicted octanol–water partition coefficient (Wildman–Crippen LogP) is 2.41. The Morgan fingerprint density at radius 2 is 2.05 bits per heavy atom. The summed E-state index contributed by atoms with van der Waals surface area (Å²) in [5, 5.41) is 2.03. The van der Waals surface area contributed by atoms with Crippen molar-refractivity contribution in [2.24, 2.45) is 0 Å². The predicted molar refractivity (Wildman–Crippen MR) is 81.4 cm³/mol. The monoisotopic (exact) mass is 287 g/mol. The highest BCUT2D eigenvalue weighted by Gasteiger charge is 2.23. The fourth-order valence-electron chi connectivity index (χ4n) is 2.38. The number of aryl methyl sites for hydroxylation is 1. The summed E-state index contributed by atoms with van der Waals surface area (Å²) in [4.78, 5) is 21.7. The van der Waals surface area contributed by atoms with Gasteiger partial charge in [0.05, 0.1) is 4.88 Å². The van der Waals surface area contributed by atoms with E-state index in [4.69, 9.17) is 0 Å². The van der Waals surface area contributed by atoms with E-state index in [1.165, 1.54) is 11.3 Å². The third-order valence-electron chi connectivity index (χ3n) is 3.48. The summed E-state index contributed by atoms with van der Waals surface area (Å²) in [5.74, 6) is 1.15. The van der Waals surface area contributed by atoms with Crippen LogP contribution in [-0.4, -0.2) is 42.0 Å². The molecule has 0 atom stereocenters. The second kappa shape index (κ2) is 5.63. The number of pyridine rings is 1. The Morgan fingerprint density at radius 1 is 1.25 bits per heavy atom. The minimum Gasteiger partial charge on any atom is -0.353 e. The molecule has 3 heterocycles.